The lowest BCUT2D eigenvalue weighted by molar-refractivity contribution is 0.487. The van der Waals surface area contributed by atoms with Gasteiger partial charge in [0.15, 0.2) is 5.65 Å². The van der Waals surface area contributed by atoms with Crippen LogP contribution in [-0.4, -0.2) is 38.7 Å². The van der Waals surface area contributed by atoms with E-state index in [1.807, 2.05) is 6.92 Å². The Bertz CT molecular complexity index is 911. The first-order chi connectivity index (χ1) is 11.5. The topological polar surface area (TPSA) is 110 Å². The highest BCUT2D eigenvalue weighted by atomic mass is 16.2. The van der Waals surface area contributed by atoms with Gasteiger partial charge in [-0.05, 0) is 39.0 Å². The first kappa shape index (κ1) is 15.3. The van der Waals surface area contributed by atoms with Crippen molar-refractivity contribution in [1.82, 2.24) is 19.5 Å². The van der Waals surface area contributed by atoms with Gasteiger partial charge in [-0.15, -0.1) is 0 Å². The minimum absolute atomic E-state index is 0.129. The Hall–Kier alpha value is -2.22. The summed E-state index contributed by atoms with van der Waals surface area (Å²) in [4.78, 5) is 38.1. The third kappa shape index (κ3) is 2.41. The van der Waals surface area contributed by atoms with Crippen molar-refractivity contribution in [3.05, 3.63) is 26.5 Å². The van der Waals surface area contributed by atoms with Crippen LogP contribution in [0.5, 0.6) is 0 Å². The van der Waals surface area contributed by atoms with E-state index in [9.17, 15) is 9.59 Å². The molecule has 2 aromatic heterocycles. The monoisotopic (exact) mass is 330 g/mol. The van der Waals surface area contributed by atoms with Gasteiger partial charge in [0, 0.05) is 25.2 Å². The Kier molecular flexibility index (Phi) is 3.45. The van der Waals surface area contributed by atoms with Crippen molar-refractivity contribution in [2.24, 2.45) is 11.7 Å². The fourth-order valence-electron chi connectivity index (χ4n) is 3.51. The third-order valence-corrected chi connectivity index (χ3v) is 5.12. The summed E-state index contributed by atoms with van der Waals surface area (Å²) in [5.74, 6) is 0.997. The molecule has 0 radical (unpaired) electrons. The Morgan fingerprint density at radius 2 is 2.00 bits per heavy atom. The van der Waals surface area contributed by atoms with Crippen LogP contribution in [0.3, 0.4) is 0 Å². The number of rotatable bonds is 3. The van der Waals surface area contributed by atoms with Crippen LogP contribution in [0.15, 0.2) is 9.59 Å². The standard InChI is InChI=1S/C16H22N6O2/c1-8(17)10-5-6-21(7-10)15-18-9(2)12-13(19-15)22(11-3-4-11)16(24)20-14(12)23/h8,10-11H,3-7,17H2,1-2H3,(H,20,23,24). The number of aromatic nitrogens is 4. The fraction of sp³-hybridized carbons (Fsp3) is 0.625. The van der Waals surface area contributed by atoms with E-state index in [4.69, 9.17) is 5.73 Å². The van der Waals surface area contributed by atoms with Gasteiger partial charge in [0.2, 0.25) is 5.95 Å². The molecule has 1 saturated heterocycles. The van der Waals surface area contributed by atoms with Gasteiger partial charge in [-0.1, -0.05) is 0 Å². The van der Waals surface area contributed by atoms with Crippen LogP contribution in [0.25, 0.3) is 11.0 Å². The second-order valence-electron chi connectivity index (χ2n) is 7.02. The molecule has 2 unspecified atom stereocenters. The maximum absolute atomic E-state index is 12.2. The minimum atomic E-state index is -0.411. The maximum Gasteiger partial charge on any atom is 0.330 e. The molecule has 0 bridgehead atoms. The van der Waals surface area contributed by atoms with Crippen LogP contribution in [0.2, 0.25) is 0 Å². The number of hydrogen-bond acceptors (Lipinski definition) is 6. The molecule has 1 aliphatic heterocycles. The number of nitrogens with zero attached hydrogens (tertiary/aromatic N) is 4. The average molecular weight is 330 g/mol. The van der Waals surface area contributed by atoms with Gasteiger partial charge in [-0.25, -0.2) is 9.78 Å². The molecule has 3 N–H and O–H groups in total. The van der Waals surface area contributed by atoms with Crippen LogP contribution in [0.1, 0.15) is 37.9 Å². The number of aromatic amines is 1. The van der Waals surface area contributed by atoms with Crippen LogP contribution in [-0.2, 0) is 0 Å². The maximum atomic E-state index is 12.2. The number of hydrogen-bond donors (Lipinski definition) is 2. The van der Waals surface area contributed by atoms with Crippen molar-refractivity contribution >= 4 is 17.0 Å². The first-order valence-corrected chi connectivity index (χ1v) is 8.49. The molecular formula is C16H22N6O2. The van der Waals surface area contributed by atoms with Crippen molar-refractivity contribution in [3.8, 4) is 0 Å². The predicted molar refractivity (Wildman–Crippen MR) is 91.4 cm³/mol. The molecule has 2 aromatic rings. The van der Waals surface area contributed by atoms with Gasteiger partial charge in [0.1, 0.15) is 5.39 Å². The lowest BCUT2D eigenvalue weighted by atomic mass is 10.0. The first-order valence-electron chi connectivity index (χ1n) is 8.49. The smallest absolute Gasteiger partial charge is 0.330 e. The Balaban J connectivity index is 1.86. The Morgan fingerprint density at radius 1 is 1.25 bits per heavy atom. The Labute approximate surface area is 138 Å². The van der Waals surface area contributed by atoms with E-state index in [1.165, 1.54) is 0 Å². The van der Waals surface area contributed by atoms with Crippen molar-refractivity contribution in [1.29, 1.82) is 0 Å². The summed E-state index contributed by atoms with van der Waals surface area (Å²) in [7, 11) is 0. The second-order valence-corrected chi connectivity index (χ2v) is 7.02. The van der Waals surface area contributed by atoms with Gasteiger partial charge in [-0.2, -0.15) is 4.98 Å². The van der Waals surface area contributed by atoms with Crippen molar-refractivity contribution < 1.29 is 0 Å². The molecule has 24 heavy (non-hydrogen) atoms. The fourth-order valence-corrected chi connectivity index (χ4v) is 3.51. The second kappa shape index (κ2) is 5.41. The molecule has 8 heteroatoms. The highest BCUT2D eigenvalue weighted by Crippen LogP contribution is 2.35. The number of H-pyrrole nitrogens is 1. The highest BCUT2D eigenvalue weighted by molar-refractivity contribution is 5.77. The van der Waals surface area contributed by atoms with Crippen LogP contribution in [0.4, 0.5) is 5.95 Å². The molecule has 3 heterocycles. The number of nitrogens with one attached hydrogen (secondary N) is 1. The molecule has 2 aliphatic rings. The molecular weight excluding hydrogens is 308 g/mol. The molecule has 0 spiro atoms. The van der Waals surface area contributed by atoms with Gasteiger partial charge in [-0.3, -0.25) is 14.3 Å². The summed E-state index contributed by atoms with van der Waals surface area (Å²) < 4.78 is 1.62. The van der Waals surface area contributed by atoms with Gasteiger partial charge in [0.05, 0.1) is 5.69 Å². The number of nitrogens with two attached hydrogens (primary N) is 1. The summed E-state index contributed by atoms with van der Waals surface area (Å²) in [5.41, 5.74) is 6.28. The predicted octanol–water partition coefficient (Wildman–Crippen LogP) is 0.297. The molecule has 1 aliphatic carbocycles. The minimum Gasteiger partial charge on any atom is -0.340 e. The zero-order valence-electron chi connectivity index (χ0n) is 14.0. The van der Waals surface area contributed by atoms with Crippen molar-refractivity contribution in [2.75, 3.05) is 18.0 Å². The van der Waals surface area contributed by atoms with E-state index >= 15 is 0 Å². The third-order valence-electron chi connectivity index (χ3n) is 5.12. The molecule has 128 valence electrons. The number of fused-ring (bicyclic) bond motifs is 1. The van der Waals surface area contributed by atoms with E-state index in [-0.39, 0.29) is 17.8 Å². The summed E-state index contributed by atoms with van der Waals surface area (Å²) in [6.45, 7) is 5.46. The molecule has 4 rings (SSSR count). The lowest BCUT2D eigenvalue weighted by Gasteiger charge is -2.19. The molecule has 1 saturated carbocycles. The average Bonchev–Trinajstić information content (AvgIpc) is 3.21. The molecule has 2 atom stereocenters. The molecule has 0 amide bonds. The highest BCUT2D eigenvalue weighted by Gasteiger charge is 2.30. The van der Waals surface area contributed by atoms with E-state index in [0.717, 1.165) is 32.4 Å². The van der Waals surface area contributed by atoms with Gasteiger partial charge < -0.3 is 10.6 Å². The Morgan fingerprint density at radius 3 is 2.62 bits per heavy atom. The van der Waals surface area contributed by atoms with Crippen molar-refractivity contribution in [3.63, 3.8) is 0 Å². The van der Waals surface area contributed by atoms with Gasteiger partial charge in [0.25, 0.3) is 5.56 Å². The van der Waals surface area contributed by atoms with Crippen LogP contribution in [0, 0.1) is 12.8 Å². The normalized spacial score (nSPS) is 22.3. The number of anilines is 1. The van der Waals surface area contributed by atoms with E-state index in [1.54, 1.807) is 11.5 Å². The van der Waals surface area contributed by atoms with E-state index < -0.39 is 5.56 Å². The summed E-state index contributed by atoms with van der Waals surface area (Å²) in [6.07, 6.45) is 2.88. The lowest BCUT2D eigenvalue weighted by Crippen LogP contribution is -2.33. The van der Waals surface area contributed by atoms with Gasteiger partial charge >= 0.3 is 5.69 Å². The zero-order chi connectivity index (χ0) is 17.0. The van der Waals surface area contributed by atoms with E-state index in [0.29, 0.717) is 28.6 Å². The SMILES string of the molecule is Cc1nc(N2CCC(C(C)N)C2)nc2c1c(=O)[nH]c(=O)n2C1CC1. The van der Waals surface area contributed by atoms with Crippen LogP contribution < -0.4 is 21.9 Å². The summed E-state index contributed by atoms with van der Waals surface area (Å²) in [5, 5.41) is 0.410. The largest absolute Gasteiger partial charge is 0.340 e. The van der Waals surface area contributed by atoms with Crippen molar-refractivity contribution in [2.45, 2.75) is 45.2 Å². The quantitative estimate of drug-likeness (QED) is 0.837. The molecule has 8 nitrogen and oxygen atoms in total. The zero-order valence-corrected chi connectivity index (χ0v) is 14.0. The van der Waals surface area contributed by atoms with E-state index in [2.05, 4.69) is 19.9 Å². The molecule has 2 fully saturated rings. The van der Waals surface area contributed by atoms with Crippen LogP contribution >= 0.6 is 0 Å². The summed E-state index contributed by atoms with van der Waals surface area (Å²) in [6, 6.07) is 0.262. The summed E-state index contributed by atoms with van der Waals surface area (Å²) >= 11 is 0. The molecule has 0 aromatic carbocycles. The number of aryl methyl sites for hydroxylation is 1.